The number of rotatable bonds is 2. The van der Waals surface area contributed by atoms with Gasteiger partial charge in [-0.25, -0.2) is 0 Å². The Morgan fingerprint density at radius 2 is 2.29 bits per heavy atom. The maximum absolute atomic E-state index is 12.0. The van der Waals surface area contributed by atoms with E-state index in [0.29, 0.717) is 0 Å². The zero-order valence-electron chi connectivity index (χ0n) is 8.41. The summed E-state index contributed by atoms with van der Waals surface area (Å²) < 4.78 is 0. The minimum Gasteiger partial charge on any atom is -0.394 e. The predicted molar refractivity (Wildman–Crippen MR) is 52.8 cm³/mol. The Hall–Kier alpha value is -0.610. The minimum absolute atomic E-state index is 0.0159. The van der Waals surface area contributed by atoms with Gasteiger partial charge in [0.1, 0.15) is 0 Å². The van der Waals surface area contributed by atoms with Gasteiger partial charge < -0.3 is 15.3 Å². The first-order valence-electron chi connectivity index (χ1n) is 5.47. The molecule has 2 aliphatic heterocycles. The van der Waals surface area contributed by atoms with Crippen LogP contribution in [0, 0.1) is 0 Å². The number of aliphatic hydroxyl groups excluding tert-OH is 1. The molecule has 4 nitrogen and oxygen atoms in total. The van der Waals surface area contributed by atoms with Gasteiger partial charge in [-0.2, -0.15) is 0 Å². The Kier molecular flexibility index (Phi) is 3.03. The minimum atomic E-state index is 0.0159. The van der Waals surface area contributed by atoms with Crippen molar-refractivity contribution in [3.8, 4) is 0 Å². The molecule has 80 valence electrons. The van der Waals surface area contributed by atoms with E-state index in [1.54, 1.807) is 0 Å². The molecule has 2 N–H and O–H groups in total. The van der Waals surface area contributed by atoms with Crippen molar-refractivity contribution >= 4 is 5.91 Å². The van der Waals surface area contributed by atoms with Crippen molar-refractivity contribution in [2.24, 2.45) is 0 Å². The van der Waals surface area contributed by atoms with Crippen LogP contribution < -0.4 is 5.32 Å². The van der Waals surface area contributed by atoms with Gasteiger partial charge in [0, 0.05) is 6.54 Å². The summed E-state index contributed by atoms with van der Waals surface area (Å²) >= 11 is 0. The fraction of sp³-hybridized carbons (Fsp3) is 0.900. The van der Waals surface area contributed by atoms with Gasteiger partial charge in [0.15, 0.2) is 0 Å². The molecule has 0 aliphatic carbocycles. The van der Waals surface area contributed by atoms with E-state index in [2.05, 4.69) is 5.32 Å². The van der Waals surface area contributed by atoms with Crippen molar-refractivity contribution in [1.82, 2.24) is 10.2 Å². The van der Waals surface area contributed by atoms with Gasteiger partial charge in [0.05, 0.1) is 18.7 Å². The SMILES string of the molecule is O=C([C@@H]1CCCN1)N1CCCC1CO. The van der Waals surface area contributed by atoms with Crippen LogP contribution in [0.3, 0.4) is 0 Å². The molecule has 0 aromatic heterocycles. The van der Waals surface area contributed by atoms with Crippen LogP contribution in [0.4, 0.5) is 0 Å². The molecule has 14 heavy (non-hydrogen) atoms. The van der Waals surface area contributed by atoms with Crippen LogP contribution in [-0.4, -0.2) is 47.7 Å². The summed E-state index contributed by atoms with van der Waals surface area (Å²) in [5, 5.41) is 12.3. The highest BCUT2D eigenvalue weighted by atomic mass is 16.3. The van der Waals surface area contributed by atoms with Crippen molar-refractivity contribution in [2.75, 3.05) is 19.7 Å². The van der Waals surface area contributed by atoms with Crippen LogP contribution in [0.2, 0.25) is 0 Å². The number of hydrogen-bond acceptors (Lipinski definition) is 3. The number of aliphatic hydroxyl groups is 1. The number of likely N-dealkylation sites (tertiary alicyclic amines) is 1. The molecule has 2 aliphatic rings. The smallest absolute Gasteiger partial charge is 0.240 e. The fourth-order valence-electron chi connectivity index (χ4n) is 2.41. The monoisotopic (exact) mass is 198 g/mol. The molecule has 0 spiro atoms. The first-order valence-corrected chi connectivity index (χ1v) is 5.47. The standard InChI is InChI=1S/C10H18N2O2/c13-7-8-3-2-6-12(8)10(14)9-4-1-5-11-9/h8-9,11,13H,1-7H2/t8?,9-/m0/s1. The van der Waals surface area contributed by atoms with E-state index in [0.717, 1.165) is 38.8 Å². The molecule has 2 rings (SSSR count). The van der Waals surface area contributed by atoms with E-state index in [-0.39, 0.29) is 24.6 Å². The van der Waals surface area contributed by atoms with Gasteiger partial charge in [-0.1, -0.05) is 0 Å². The summed E-state index contributed by atoms with van der Waals surface area (Å²) in [5.74, 6) is 0.194. The van der Waals surface area contributed by atoms with Crippen LogP contribution in [-0.2, 0) is 4.79 Å². The van der Waals surface area contributed by atoms with Gasteiger partial charge in [-0.3, -0.25) is 4.79 Å². The maximum Gasteiger partial charge on any atom is 0.240 e. The Morgan fingerprint density at radius 1 is 1.43 bits per heavy atom. The average molecular weight is 198 g/mol. The molecule has 4 heteroatoms. The molecule has 0 saturated carbocycles. The number of carbonyl (C=O) groups is 1. The van der Waals surface area contributed by atoms with Crippen LogP contribution >= 0.6 is 0 Å². The van der Waals surface area contributed by atoms with Crippen molar-refractivity contribution in [3.05, 3.63) is 0 Å². The van der Waals surface area contributed by atoms with Crippen molar-refractivity contribution < 1.29 is 9.90 Å². The third-order valence-corrected chi connectivity index (χ3v) is 3.23. The highest BCUT2D eigenvalue weighted by Crippen LogP contribution is 2.19. The first kappa shape index (κ1) is 9.93. The molecular formula is C10H18N2O2. The average Bonchev–Trinajstić information content (AvgIpc) is 2.87. The third-order valence-electron chi connectivity index (χ3n) is 3.23. The molecule has 1 unspecified atom stereocenters. The Morgan fingerprint density at radius 3 is 2.93 bits per heavy atom. The second-order valence-corrected chi connectivity index (χ2v) is 4.16. The summed E-state index contributed by atoms with van der Waals surface area (Å²) in [6.07, 6.45) is 4.03. The van der Waals surface area contributed by atoms with E-state index >= 15 is 0 Å². The Bertz CT molecular complexity index is 214. The lowest BCUT2D eigenvalue weighted by Gasteiger charge is -2.26. The molecule has 2 heterocycles. The summed E-state index contributed by atoms with van der Waals surface area (Å²) in [6.45, 7) is 1.88. The number of carbonyl (C=O) groups excluding carboxylic acids is 1. The maximum atomic E-state index is 12.0. The summed E-state index contributed by atoms with van der Waals surface area (Å²) in [5.41, 5.74) is 0. The lowest BCUT2D eigenvalue weighted by Crippen LogP contribution is -2.46. The molecule has 2 fully saturated rings. The summed E-state index contributed by atoms with van der Waals surface area (Å²) in [7, 11) is 0. The lowest BCUT2D eigenvalue weighted by atomic mass is 10.2. The molecule has 2 atom stereocenters. The Labute approximate surface area is 84.3 Å². The van der Waals surface area contributed by atoms with E-state index in [1.165, 1.54) is 0 Å². The number of hydrogen-bond donors (Lipinski definition) is 2. The van der Waals surface area contributed by atoms with Crippen LogP contribution in [0.5, 0.6) is 0 Å². The predicted octanol–water partition coefficient (Wildman–Crippen LogP) is -0.278. The van der Waals surface area contributed by atoms with Crippen LogP contribution in [0.15, 0.2) is 0 Å². The van der Waals surface area contributed by atoms with Gasteiger partial charge in [0.2, 0.25) is 5.91 Å². The lowest BCUT2D eigenvalue weighted by molar-refractivity contribution is -0.134. The molecular weight excluding hydrogens is 180 g/mol. The van der Waals surface area contributed by atoms with Crippen molar-refractivity contribution in [3.63, 3.8) is 0 Å². The zero-order chi connectivity index (χ0) is 9.97. The number of nitrogens with one attached hydrogen (secondary N) is 1. The van der Waals surface area contributed by atoms with Crippen LogP contribution in [0.25, 0.3) is 0 Å². The summed E-state index contributed by atoms with van der Waals surface area (Å²) in [4.78, 5) is 13.8. The van der Waals surface area contributed by atoms with Gasteiger partial charge in [-0.15, -0.1) is 0 Å². The van der Waals surface area contributed by atoms with E-state index in [4.69, 9.17) is 5.11 Å². The van der Waals surface area contributed by atoms with E-state index < -0.39 is 0 Å². The number of nitrogens with zero attached hydrogens (tertiary/aromatic N) is 1. The van der Waals surface area contributed by atoms with Gasteiger partial charge >= 0.3 is 0 Å². The summed E-state index contributed by atoms with van der Waals surface area (Å²) in [6, 6.07) is 0.0899. The van der Waals surface area contributed by atoms with Crippen LogP contribution in [0.1, 0.15) is 25.7 Å². The first-order chi connectivity index (χ1) is 6.83. The van der Waals surface area contributed by atoms with Gasteiger partial charge in [-0.05, 0) is 32.2 Å². The zero-order valence-corrected chi connectivity index (χ0v) is 8.41. The molecule has 0 aromatic rings. The largest absolute Gasteiger partial charge is 0.394 e. The quantitative estimate of drug-likeness (QED) is 0.642. The van der Waals surface area contributed by atoms with Crippen molar-refractivity contribution in [2.45, 2.75) is 37.8 Å². The molecule has 0 aromatic carbocycles. The van der Waals surface area contributed by atoms with Crippen molar-refractivity contribution in [1.29, 1.82) is 0 Å². The normalized spacial score (nSPS) is 32.5. The molecule has 0 bridgehead atoms. The fourth-order valence-corrected chi connectivity index (χ4v) is 2.41. The topological polar surface area (TPSA) is 52.6 Å². The third kappa shape index (κ3) is 1.77. The van der Waals surface area contributed by atoms with E-state index in [9.17, 15) is 4.79 Å². The highest BCUT2D eigenvalue weighted by molar-refractivity contribution is 5.82. The molecule has 0 radical (unpaired) electrons. The number of amides is 1. The Balaban J connectivity index is 1.95. The second kappa shape index (κ2) is 4.28. The van der Waals surface area contributed by atoms with Gasteiger partial charge in [0.25, 0.3) is 0 Å². The molecule has 1 amide bonds. The second-order valence-electron chi connectivity index (χ2n) is 4.16. The van der Waals surface area contributed by atoms with E-state index in [1.807, 2.05) is 4.90 Å². The highest BCUT2D eigenvalue weighted by Gasteiger charge is 2.33. The molecule has 2 saturated heterocycles.